The number of rotatable bonds is 3. The summed E-state index contributed by atoms with van der Waals surface area (Å²) >= 11 is 1.35. The number of carbonyl (C=O) groups is 1. The van der Waals surface area contributed by atoms with E-state index in [-0.39, 0.29) is 23.8 Å². The Kier molecular flexibility index (Phi) is 5.66. The van der Waals surface area contributed by atoms with E-state index in [4.69, 9.17) is 5.26 Å². The lowest BCUT2D eigenvalue weighted by molar-refractivity contribution is -0.137. The topological polar surface area (TPSA) is 80.5 Å². The Labute approximate surface area is 181 Å². The molecule has 1 atom stereocenters. The van der Waals surface area contributed by atoms with Crippen molar-refractivity contribution in [3.63, 3.8) is 0 Å². The van der Waals surface area contributed by atoms with Crippen LogP contribution >= 0.6 is 11.3 Å². The zero-order chi connectivity index (χ0) is 22.2. The maximum Gasteiger partial charge on any atom is 0.417 e. The van der Waals surface area contributed by atoms with Crippen molar-refractivity contribution in [2.24, 2.45) is 11.3 Å². The van der Waals surface area contributed by atoms with Crippen LogP contribution in [0.5, 0.6) is 0 Å². The van der Waals surface area contributed by atoms with Gasteiger partial charge in [0, 0.05) is 49.8 Å². The minimum absolute atomic E-state index is 0.0457. The zero-order valence-corrected chi connectivity index (χ0v) is 17.4. The average Bonchev–Trinajstić information content (AvgIpc) is 3.41. The molecular formula is C21H21F3N4O2S. The Morgan fingerprint density at radius 2 is 2.10 bits per heavy atom. The molecule has 2 aromatic rings. The van der Waals surface area contributed by atoms with Gasteiger partial charge in [-0.2, -0.15) is 18.4 Å². The van der Waals surface area contributed by atoms with Gasteiger partial charge in [0.2, 0.25) is 0 Å². The number of carbonyl (C=O) groups excluding carboxylic acids is 1. The van der Waals surface area contributed by atoms with E-state index in [0.29, 0.717) is 50.4 Å². The summed E-state index contributed by atoms with van der Waals surface area (Å²) < 4.78 is 39.9. The number of hydrogen-bond donors (Lipinski definition) is 1. The van der Waals surface area contributed by atoms with Gasteiger partial charge in [-0.1, -0.05) is 0 Å². The van der Waals surface area contributed by atoms with E-state index in [1.54, 1.807) is 27.9 Å². The van der Waals surface area contributed by atoms with Gasteiger partial charge in [0.15, 0.2) is 0 Å². The summed E-state index contributed by atoms with van der Waals surface area (Å²) in [5, 5.41) is 20.7. The first-order valence-corrected chi connectivity index (χ1v) is 10.9. The molecular weight excluding hydrogens is 429 g/mol. The molecule has 1 spiro atoms. The lowest BCUT2D eigenvalue weighted by Gasteiger charge is -2.43. The van der Waals surface area contributed by atoms with Crippen LogP contribution in [0.3, 0.4) is 0 Å². The molecule has 2 fully saturated rings. The number of likely N-dealkylation sites (tertiary alicyclic amines) is 1. The van der Waals surface area contributed by atoms with E-state index in [1.165, 1.54) is 17.4 Å². The van der Waals surface area contributed by atoms with E-state index in [2.05, 4.69) is 4.98 Å². The fraction of sp³-hybridized carbons (Fsp3) is 0.476. The number of nitrogens with zero attached hydrogens (tertiary/aromatic N) is 4. The highest BCUT2D eigenvalue weighted by Gasteiger charge is 2.49. The van der Waals surface area contributed by atoms with E-state index in [0.717, 1.165) is 6.07 Å². The Bertz CT molecular complexity index is 995. The van der Waals surface area contributed by atoms with Crippen LogP contribution in [0.4, 0.5) is 18.9 Å². The number of piperidine rings is 1. The first-order chi connectivity index (χ1) is 14.8. The van der Waals surface area contributed by atoms with Crippen LogP contribution in [-0.2, 0) is 6.18 Å². The molecule has 1 aromatic carbocycles. The number of thiazole rings is 1. The van der Waals surface area contributed by atoms with Gasteiger partial charge in [-0.25, -0.2) is 4.98 Å². The highest BCUT2D eigenvalue weighted by Crippen LogP contribution is 2.46. The predicted octanol–water partition coefficient (Wildman–Crippen LogP) is 3.38. The largest absolute Gasteiger partial charge is 0.417 e. The summed E-state index contributed by atoms with van der Waals surface area (Å²) in [6.07, 6.45) is -3.29. The van der Waals surface area contributed by atoms with Crippen molar-refractivity contribution in [3.8, 4) is 6.07 Å². The molecule has 10 heteroatoms. The smallest absolute Gasteiger partial charge is 0.396 e. The lowest BCUT2D eigenvalue weighted by atomic mass is 9.71. The third-order valence-corrected chi connectivity index (χ3v) is 7.11. The van der Waals surface area contributed by atoms with Gasteiger partial charge in [-0.3, -0.25) is 4.79 Å². The second-order valence-corrected chi connectivity index (χ2v) is 8.85. The summed E-state index contributed by atoms with van der Waals surface area (Å²) in [5.74, 6) is -0.232. The number of halogens is 3. The Morgan fingerprint density at radius 1 is 1.35 bits per heavy atom. The molecule has 2 aliphatic heterocycles. The molecule has 31 heavy (non-hydrogen) atoms. The van der Waals surface area contributed by atoms with Crippen LogP contribution in [0.15, 0.2) is 29.1 Å². The molecule has 6 nitrogen and oxygen atoms in total. The maximum atomic E-state index is 13.3. The SMILES string of the molecule is N#Cc1ccc(N2CCC3(CC2)CN(C(=O)c2cscn2)CC3CO)cc1C(F)(F)F. The van der Waals surface area contributed by atoms with E-state index in [1.807, 2.05) is 4.90 Å². The number of benzene rings is 1. The Morgan fingerprint density at radius 3 is 2.68 bits per heavy atom. The van der Waals surface area contributed by atoms with Crippen molar-refractivity contribution in [1.82, 2.24) is 9.88 Å². The summed E-state index contributed by atoms with van der Waals surface area (Å²) in [5.41, 5.74) is 0.840. The number of aromatic nitrogens is 1. The molecule has 2 saturated heterocycles. The number of aliphatic hydroxyl groups excluding tert-OH is 1. The highest BCUT2D eigenvalue weighted by molar-refractivity contribution is 7.07. The van der Waals surface area contributed by atoms with Gasteiger partial charge < -0.3 is 14.9 Å². The molecule has 0 bridgehead atoms. The third kappa shape index (κ3) is 4.00. The van der Waals surface area contributed by atoms with E-state index < -0.39 is 17.3 Å². The van der Waals surface area contributed by atoms with Gasteiger partial charge in [-0.05, 0) is 36.5 Å². The fourth-order valence-electron chi connectivity index (χ4n) is 4.76. The number of hydrogen-bond acceptors (Lipinski definition) is 6. The van der Waals surface area contributed by atoms with Gasteiger partial charge in [0.1, 0.15) is 5.69 Å². The van der Waals surface area contributed by atoms with Crippen molar-refractivity contribution >= 4 is 22.9 Å². The molecule has 0 radical (unpaired) electrons. The molecule has 1 amide bonds. The molecule has 2 aliphatic rings. The number of anilines is 1. The van der Waals surface area contributed by atoms with Gasteiger partial charge in [-0.15, -0.1) is 11.3 Å². The number of amides is 1. The minimum Gasteiger partial charge on any atom is -0.396 e. The van der Waals surface area contributed by atoms with E-state index in [9.17, 15) is 23.1 Å². The number of alkyl halides is 3. The summed E-state index contributed by atoms with van der Waals surface area (Å²) in [6.45, 7) is 1.93. The fourth-order valence-corrected chi connectivity index (χ4v) is 5.28. The van der Waals surface area contributed by atoms with Crippen molar-refractivity contribution < 1.29 is 23.1 Å². The molecule has 1 unspecified atom stereocenters. The van der Waals surface area contributed by atoms with Crippen LogP contribution in [0.2, 0.25) is 0 Å². The third-order valence-electron chi connectivity index (χ3n) is 6.52. The average molecular weight is 450 g/mol. The molecule has 0 aliphatic carbocycles. The normalized spacial score (nSPS) is 20.8. The summed E-state index contributed by atoms with van der Waals surface area (Å²) in [6, 6.07) is 5.39. The molecule has 1 N–H and O–H groups in total. The van der Waals surface area contributed by atoms with Crippen molar-refractivity contribution in [3.05, 3.63) is 45.9 Å². The highest BCUT2D eigenvalue weighted by atomic mass is 32.1. The van der Waals surface area contributed by atoms with Crippen LogP contribution in [0.25, 0.3) is 0 Å². The van der Waals surface area contributed by atoms with Crippen molar-refractivity contribution in [1.29, 1.82) is 5.26 Å². The molecule has 4 rings (SSSR count). The van der Waals surface area contributed by atoms with Gasteiger partial charge >= 0.3 is 6.18 Å². The Hall–Kier alpha value is -2.64. The zero-order valence-electron chi connectivity index (χ0n) is 16.6. The second kappa shape index (κ2) is 8.13. The van der Waals surface area contributed by atoms with Gasteiger partial charge in [0.05, 0.1) is 22.7 Å². The monoisotopic (exact) mass is 450 g/mol. The number of aliphatic hydroxyl groups is 1. The summed E-state index contributed by atoms with van der Waals surface area (Å²) in [7, 11) is 0. The predicted molar refractivity (Wildman–Crippen MR) is 109 cm³/mol. The first kappa shape index (κ1) is 21.6. The van der Waals surface area contributed by atoms with Crippen LogP contribution in [-0.4, -0.2) is 53.7 Å². The Balaban J connectivity index is 1.50. The maximum absolute atomic E-state index is 13.3. The van der Waals surface area contributed by atoms with E-state index >= 15 is 0 Å². The number of nitriles is 1. The van der Waals surface area contributed by atoms with Crippen molar-refractivity contribution in [2.45, 2.75) is 19.0 Å². The standard InChI is InChI=1S/C21H21F3N4O2S/c22-21(23,24)17-7-16(2-1-14(17)8-25)27-5-3-20(4-6-27)12-28(9-15(20)10-29)19(30)18-11-31-13-26-18/h1-2,7,11,13,15,29H,3-6,9-10,12H2. The van der Waals surface area contributed by atoms with Crippen LogP contribution in [0.1, 0.15) is 34.5 Å². The minimum atomic E-state index is -4.60. The quantitative estimate of drug-likeness (QED) is 0.776. The van der Waals surface area contributed by atoms with Crippen molar-refractivity contribution in [2.75, 3.05) is 37.7 Å². The van der Waals surface area contributed by atoms with Crippen LogP contribution in [0, 0.1) is 22.7 Å². The van der Waals surface area contributed by atoms with Gasteiger partial charge in [0.25, 0.3) is 5.91 Å². The lowest BCUT2D eigenvalue weighted by Crippen LogP contribution is -2.45. The first-order valence-electron chi connectivity index (χ1n) is 9.92. The molecule has 1 aromatic heterocycles. The second-order valence-electron chi connectivity index (χ2n) is 8.13. The molecule has 0 saturated carbocycles. The molecule has 3 heterocycles. The van der Waals surface area contributed by atoms with Crippen LogP contribution < -0.4 is 4.90 Å². The summed E-state index contributed by atoms with van der Waals surface area (Å²) in [4.78, 5) is 20.4. The molecule has 164 valence electrons.